The topological polar surface area (TPSA) is 81.2 Å². The molecule has 2 rings (SSSR count). The van der Waals surface area contributed by atoms with Crippen LogP contribution in [0.25, 0.3) is 0 Å². The van der Waals surface area contributed by atoms with Crippen LogP contribution in [-0.4, -0.2) is 45.5 Å². The fourth-order valence-electron chi connectivity index (χ4n) is 2.12. The Kier molecular flexibility index (Phi) is 9.28. The molecule has 1 aromatic carbocycles. The number of esters is 1. The Labute approximate surface area is 159 Å². The first-order valence-electron chi connectivity index (χ1n) is 7.70. The normalized spacial score (nSPS) is 12.3. The minimum atomic E-state index is -0.259. The number of guanidine groups is 1. The van der Waals surface area contributed by atoms with Crippen molar-refractivity contribution in [2.75, 3.05) is 33.5 Å². The van der Waals surface area contributed by atoms with Gasteiger partial charge in [-0.05, 0) is 31.0 Å². The Morgan fingerprint density at radius 3 is 2.83 bits per heavy atom. The lowest BCUT2D eigenvalue weighted by atomic mass is 10.1. The highest BCUT2D eigenvalue weighted by Crippen LogP contribution is 2.32. The fraction of sp³-hybridized carbons (Fsp3) is 0.500. The van der Waals surface area contributed by atoms with E-state index in [-0.39, 0.29) is 43.2 Å². The number of carbonyl (C=O) groups is 1. The molecule has 2 N–H and O–H groups in total. The molecule has 1 aromatic rings. The molecule has 1 aliphatic rings. The molecule has 24 heavy (non-hydrogen) atoms. The first-order chi connectivity index (χ1) is 11.2. The number of benzene rings is 1. The molecular formula is C16H24IN3O4. The summed E-state index contributed by atoms with van der Waals surface area (Å²) in [5, 5.41) is 6.39. The summed E-state index contributed by atoms with van der Waals surface area (Å²) < 4.78 is 15.3. The van der Waals surface area contributed by atoms with E-state index < -0.39 is 0 Å². The minimum absolute atomic E-state index is 0. The second kappa shape index (κ2) is 11.0. The smallest absolute Gasteiger partial charge is 0.307 e. The van der Waals surface area contributed by atoms with Crippen LogP contribution >= 0.6 is 24.0 Å². The minimum Gasteiger partial charge on any atom is -0.469 e. The largest absolute Gasteiger partial charge is 0.469 e. The molecule has 0 bridgehead atoms. The number of fused-ring (bicyclic) bond motifs is 1. The summed E-state index contributed by atoms with van der Waals surface area (Å²) in [5.41, 5.74) is 1.16. The molecule has 0 amide bonds. The number of carbonyl (C=O) groups excluding carboxylic acids is 1. The van der Waals surface area contributed by atoms with Crippen LogP contribution in [0.4, 0.5) is 0 Å². The van der Waals surface area contributed by atoms with Crippen molar-refractivity contribution in [1.29, 1.82) is 0 Å². The fourth-order valence-corrected chi connectivity index (χ4v) is 2.12. The van der Waals surface area contributed by atoms with Crippen molar-refractivity contribution in [1.82, 2.24) is 10.6 Å². The Morgan fingerprint density at radius 1 is 1.29 bits per heavy atom. The molecule has 7 nitrogen and oxygen atoms in total. The molecule has 0 atom stereocenters. The Balaban J connectivity index is 0.00000288. The number of nitrogens with one attached hydrogen (secondary N) is 2. The van der Waals surface area contributed by atoms with Gasteiger partial charge in [-0.2, -0.15) is 0 Å². The van der Waals surface area contributed by atoms with Gasteiger partial charge < -0.3 is 24.8 Å². The summed E-state index contributed by atoms with van der Waals surface area (Å²) in [4.78, 5) is 15.4. The van der Waals surface area contributed by atoms with Gasteiger partial charge in [0.1, 0.15) is 0 Å². The number of hydrogen-bond donors (Lipinski definition) is 2. The molecule has 1 aliphatic heterocycles. The average Bonchev–Trinajstić information content (AvgIpc) is 3.02. The molecule has 0 unspecified atom stereocenters. The molecular weight excluding hydrogens is 425 g/mol. The zero-order valence-corrected chi connectivity index (χ0v) is 16.3. The Bertz CT molecular complexity index is 566. The van der Waals surface area contributed by atoms with Gasteiger partial charge in [0.05, 0.1) is 20.1 Å². The van der Waals surface area contributed by atoms with Crippen molar-refractivity contribution >= 4 is 35.9 Å². The van der Waals surface area contributed by atoms with E-state index in [4.69, 9.17) is 9.47 Å². The van der Waals surface area contributed by atoms with Gasteiger partial charge in [0.15, 0.2) is 17.5 Å². The quantitative estimate of drug-likeness (QED) is 0.286. The van der Waals surface area contributed by atoms with Crippen molar-refractivity contribution in [3.63, 3.8) is 0 Å². The molecule has 0 radical (unpaired) electrons. The lowest BCUT2D eigenvalue weighted by Gasteiger charge is -2.11. The molecule has 8 heteroatoms. The summed E-state index contributed by atoms with van der Waals surface area (Å²) in [6.07, 6.45) is 1.10. The molecule has 0 fully saturated rings. The van der Waals surface area contributed by atoms with Crippen LogP contribution in [0.5, 0.6) is 11.5 Å². The van der Waals surface area contributed by atoms with E-state index in [1.54, 1.807) is 0 Å². The second-order valence-corrected chi connectivity index (χ2v) is 4.95. The third-order valence-corrected chi connectivity index (χ3v) is 3.30. The lowest BCUT2D eigenvalue weighted by Crippen LogP contribution is -2.38. The number of ether oxygens (including phenoxy) is 3. The van der Waals surface area contributed by atoms with Crippen molar-refractivity contribution in [2.45, 2.75) is 19.8 Å². The third-order valence-electron chi connectivity index (χ3n) is 3.30. The zero-order chi connectivity index (χ0) is 16.5. The summed E-state index contributed by atoms with van der Waals surface area (Å²) >= 11 is 0. The number of hydrogen-bond acceptors (Lipinski definition) is 5. The van der Waals surface area contributed by atoms with Gasteiger partial charge in [-0.1, -0.05) is 6.07 Å². The molecule has 0 aliphatic carbocycles. The molecule has 0 aromatic heterocycles. The Morgan fingerprint density at radius 2 is 2.08 bits per heavy atom. The maximum absolute atomic E-state index is 11.1. The van der Waals surface area contributed by atoms with Crippen molar-refractivity contribution < 1.29 is 19.0 Å². The van der Waals surface area contributed by atoms with Crippen molar-refractivity contribution in [3.05, 3.63) is 23.8 Å². The SMILES string of the molecule is CCNC(=NCCC(=O)OC)NCCc1ccc2c(c1)OCO2.I. The number of aliphatic imine (C=N–C) groups is 1. The predicted molar refractivity (Wildman–Crippen MR) is 102 cm³/mol. The Hall–Kier alpha value is -1.71. The first-order valence-corrected chi connectivity index (χ1v) is 7.70. The number of rotatable bonds is 7. The van der Waals surface area contributed by atoms with Gasteiger partial charge in [0.25, 0.3) is 0 Å². The highest BCUT2D eigenvalue weighted by molar-refractivity contribution is 14.0. The van der Waals surface area contributed by atoms with Crippen LogP contribution in [0.15, 0.2) is 23.2 Å². The highest BCUT2D eigenvalue weighted by Gasteiger charge is 2.12. The predicted octanol–water partition coefficient (Wildman–Crippen LogP) is 1.69. The molecule has 0 saturated heterocycles. The van der Waals surface area contributed by atoms with Gasteiger partial charge in [-0.3, -0.25) is 9.79 Å². The van der Waals surface area contributed by atoms with E-state index in [1.807, 2.05) is 25.1 Å². The average molecular weight is 449 g/mol. The highest BCUT2D eigenvalue weighted by atomic mass is 127. The lowest BCUT2D eigenvalue weighted by molar-refractivity contribution is -0.140. The summed E-state index contributed by atoms with van der Waals surface area (Å²) in [6, 6.07) is 5.94. The van der Waals surface area contributed by atoms with Crippen LogP contribution in [0.2, 0.25) is 0 Å². The number of nitrogens with zero attached hydrogens (tertiary/aromatic N) is 1. The van der Waals surface area contributed by atoms with Crippen LogP contribution in [0.1, 0.15) is 18.9 Å². The van der Waals surface area contributed by atoms with E-state index in [9.17, 15) is 4.79 Å². The summed E-state index contributed by atoms with van der Waals surface area (Å²) in [6.45, 7) is 4.16. The number of methoxy groups -OCH3 is 1. The maximum atomic E-state index is 11.1. The van der Waals surface area contributed by atoms with Gasteiger partial charge in [-0.25, -0.2) is 0 Å². The second-order valence-electron chi connectivity index (χ2n) is 4.95. The molecule has 1 heterocycles. The van der Waals surface area contributed by atoms with Crippen molar-refractivity contribution in [2.24, 2.45) is 4.99 Å². The van der Waals surface area contributed by atoms with Crippen LogP contribution in [0, 0.1) is 0 Å². The molecule has 0 spiro atoms. The van der Waals surface area contributed by atoms with E-state index in [2.05, 4.69) is 20.4 Å². The van der Waals surface area contributed by atoms with Crippen LogP contribution in [-0.2, 0) is 16.0 Å². The molecule has 134 valence electrons. The van der Waals surface area contributed by atoms with E-state index in [1.165, 1.54) is 7.11 Å². The van der Waals surface area contributed by atoms with Gasteiger partial charge in [0, 0.05) is 13.1 Å². The van der Waals surface area contributed by atoms with Gasteiger partial charge in [-0.15, -0.1) is 24.0 Å². The zero-order valence-electron chi connectivity index (χ0n) is 14.0. The van der Waals surface area contributed by atoms with Crippen LogP contribution < -0.4 is 20.1 Å². The van der Waals surface area contributed by atoms with E-state index in [0.717, 1.165) is 36.6 Å². The monoisotopic (exact) mass is 449 g/mol. The van der Waals surface area contributed by atoms with Gasteiger partial charge in [0.2, 0.25) is 6.79 Å². The summed E-state index contributed by atoms with van der Waals surface area (Å²) in [7, 11) is 1.38. The third kappa shape index (κ3) is 6.42. The maximum Gasteiger partial charge on any atom is 0.307 e. The standard InChI is InChI=1S/C16H23N3O4.HI/c1-3-17-16(19-9-7-15(20)21-2)18-8-6-12-4-5-13-14(10-12)23-11-22-13;/h4-5,10H,3,6-9,11H2,1-2H3,(H2,17,18,19);1H. The first kappa shape index (κ1) is 20.3. The van der Waals surface area contributed by atoms with Crippen LogP contribution in [0.3, 0.4) is 0 Å². The van der Waals surface area contributed by atoms with Crippen molar-refractivity contribution in [3.8, 4) is 11.5 Å². The summed E-state index contributed by atoms with van der Waals surface area (Å²) in [5.74, 6) is 2.02. The van der Waals surface area contributed by atoms with E-state index >= 15 is 0 Å². The van der Waals surface area contributed by atoms with Gasteiger partial charge >= 0.3 is 5.97 Å². The van der Waals surface area contributed by atoms with E-state index in [0.29, 0.717) is 12.5 Å². The number of halogens is 1. The molecule has 0 saturated carbocycles.